The fourth-order valence-corrected chi connectivity index (χ4v) is 2.29. The highest BCUT2D eigenvalue weighted by atomic mass is 15.2. The van der Waals surface area contributed by atoms with E-state index in [1.165, 1.54) is 31.4 Å². The number of nitrogens with two attached hydrogens (primary N) is 1. The van der Waals surface area contributed by atoms with Gasteiger partial charge in [-0.2, -0.15) is 0 Å². The first-order valence-electron chi connectivity index (χ1n) is 7.14. The zero-order chi connectivity index (χ0) is 13.4. The van der Waals surface area contributed by atoms with Crippen LogP contribution in [0.15, 0.2) is 12.5 Å². The number of aromatic nitrogens is 2. The minimum atomic E-state index is 0.301. The van der Waals surface area contributed by atoms with Crippen molar-refractivity contribution in [3.05, 3.63) is 18.2 Å². The molecule has 0 aliphatic heterocycles. The predicted molar refractivity (Wildman–Crippen MR) is 76.4 cm³/mol. The van der Waals surface area contributed by atoms with Crippen molar-refractivity contribution in [1.82, 2.24) is 14.5 Å². The van der Waals surface area contributed by atoms with Gasteiger partial charge in [-0.05, 0) is 25.9 Å². The van der Waals surface area contributed by atoms with Crippen LogP contribution in [0.5, 0.6) is 0 Å². The summed E-state index contributed by atoms with van der Waals surface area (Å²) < 4.78 is 2.09. The highest BCUT2D eigenvalue weighted by Gasteiger charge is 2.20. The number of hydrogen-bond donors (Lipinski definition) is 1. The Labute approximate surface area is 111 Å². The smallest absolute Gasteiger partial charge is 0.0946 e. The first kappa shape index (κ1) is 15.2. The average Bonchev–Trinajstić information content (AvgIpc) is 2.79. The third-order valence-electron chi connectivity index (χ3n) is 3.46. The molecule has 18 heavy (non-hydrogen) atoms. The molecule has 1 unspecified atom stereocenters. The summed E-state index contributed by atoms with van der Waals surface area (Å²) in [7, 11) is 2.04. The summed E-state index contributed by atoms with van der Waals surface area (Å²) in [6.45, 7) is 7.39. The Bertz CT molecular complexity index is 313. The summed E-state index contributed by atoms with van der Waals surface area (Å²) in [4.78, 5) is 6.73. The largest absolute Gasteiger partial charge is 0.336 e. The number of imidazole rings is 1. The fraction of sp³-hybridized carbons (Fsp3) is 0.786. The van der Waals surface area contributed by atoms with Gasteiger partial charge in [-0.1, -0.05) is 26.7 Å². The molecule has 1 rings (SSSR count). The lowest BCUT2D eigenvalue weighted by molar-refractivity contribution is 0.189. The molecule has 4 nitrogen and oxygen atoms in total. The van der Waals surface area contributed by atoms with Gasteiger partial charge in [-0.3, -0.25) is 4.90 Å². The van der Waals surface area contributed by atoms with Gasteiger partial charge < -0.3 is 10.3 Å². The maximum atomic E-state index is 5.99. The molecule has 1 aromatic heterocycles. The molecule has 0 saturated heterocycles. The number of hydrogen-bond acceptors (Lipinski definition) is 3. The quantitative estimate of drug-likeness (QED) is 0.733. The van der Waals surface area contributed by atoms with E-state index in [0.29, 0.717) is 12.6 Å². The number of unbranched alkanes of at least 4 members (excludes halogenated alkanes) is 2. The lowest BCUT2D eigenvalue weighted by Gasteiger charge is -2.31. The van der Waals surface area contributed by atoms with E-state index in [2.05, 4.69) is 28.3 Å². The Morgan fingerprint density at radius 2 is 1.89 bits per heavy atom. The third kappa shape index (κ3) is 4.10. The summed E-state index contributed by atoms with van der Waals surface area (Å²) in [5.74, 6) is 0. The van der Waals surface area contributed by atoms with Crippen LogP contribution in [0.4, 0.5) is 0 Å². The standard InChI is InChI=1S/C14H28N4/c1-4-6-8-18(9-7-5-2)13(10-15)14-11-16-12-17(14)3/h11-13H,4-10,15H2,1-3H3. The van der Waals surface area contributed by atoms with E-state index in [-0.39, 0.29) is 0 Å². The van der Waals surface area contributed by atoms with Gasteiger partial charge in [0.15, 0.2) is 0 Å². The Kier molecular flexibility index (Phi) is 6.98. The van der Waals surface area contributed by atoms with Gasteiger partial charge >= 0.3 is 0 Å². The van der Waals surface area contributed by atoms with Crippen molar-refractivity contribution in [3.8, 4) is 0 Å². The van der Waals surface area contributed by atoms with Gasteiger partial charge in [-0.15, -0.1) is 0 Å². The van der Waals surface area contributed by atoms with Gasteiger partial charge in [0.1, 0.15) is 0 Å². The van der Waals surface area contributed by atoms with Crippen molar-refractivity contribution in [2.75, 3.05) is 19.6 Å². The minimum absolute atomic E-state index is 0.301. The third-order valence-corrected chi connectivity index (χ3v) is 3.46. The summed E-state index contributed by atoms with van der Waals surface area (Å²) in [5, 5.41) is 0. The molecule has 0 amide bonds. The van der Waals surface area contributed by atoms with Crippen LogP contribution in [0.25, 0.3) is 0 Å². The van der Waals surface area contributed by atoms with E-state index < -0.39 is 0 Å². The summed E-state index contributed by atoms with van der Waals surface area (Å²) >= 11 is 0. The average molecular weight is 252 g/mol. The fourth-order valence-electron chi connectivity index (χ4n) is 2.29. The van der Waals surface area contributed by atoms with Gasteiger partial charge in [0.2, 0.25) is 0 Å². The summed E-state index contributed by atoms with van der Waals surface area (Å²) in [6, 6.07) is 0.301. The first-order valence-corrected chi connectivity index (χ1v) is 7.14. The topological polar surface area (TPSA) is 47.1 Å². The molecule has 0 aromatic carbocycles. The van der Waals surface area contributed by atoms with Crippen molar-refractivity contribution in [3.63, 3.8) is 0 Å². The molecule has 0 fully saturated rings. The maximum Gasteiger partial charge on any atom is 0.0946 e. The van der Waals surface area contributed by atoms with Crippen LogP contribution in [0.2, 0.25) is 0 Å². The first-order chi connectivity index (χ1) is 8.74. The van der Waals surface area contributed by atoms with Gasteiger partial charge in [-0.25, -0.2) is 4.98 Å². The lowest BCUT2D eigenvalue weighted by Crippen LogP contribution is -2.36. The van der Waals surface area contributed by atoms with E-state index in [1.54, 1.807) is 0 Å². The van der Waals surface area contributed by atoms with Crippen LogP contribution in [0.1, 0.15) is 51.3 Å². The van der Waals surface area contributed by atoms with Crippen LogP contribution < -0.4 is 5.73 Å². The Hall–Kier alpha value is -0.870. The van der Waals surface area contributed by atoms with E-state index in [0.717, 1.165) is 13.1 Å². The van der Waals surface area contributed by atoms with Gasteiger partial charge in [0, 0.05) is 19.8 Å². The van der Waals surface area contributed by atoms with E-state index >= 15 is 0 Å². The Balaban J connectivity index is 2.75. The molecule has 1 heterocycles. The molecule has 0 saturated carbocycles. The van der Waals surface area contributed by atoms with E-state index in [9.17, 15) is 0 Å². The molecule has 0 bridgehead atoms. The Morgan fingerprint density at radius 3 is 2.28 bits per heavy atom. The van der Waals surface area contributed by atoms with Crippen molar-refractivity contribution in [1.29, 1.82) is 0 Å². The van der Waals surface area contributed by atoms with Gasteiger partial charge in [0.05, 0.1) is 18.1 Å². The Morgan fingerprint density at radius 1 is 1.28 bits per heavy atom. The molecule has 1 aromatic rings. The summed E-state index contributed by atoms with van der Waals surface area (Å²) in [5.41, 5.74) is 7.22. The van der Waals surface area contributed by atoms with E-state index in [1.807, 2.05) is 19.6 Å². The van der Waals surface area contributed by atoms with Crippen LogP contribution in [0.3, 0.4) is 0 Å². The maximum absolute atomic E-state index is 5.99. The van der Waals surface area contributed by atoms with Crippen molar-refractivity contribution in [2.24, 2.45) is 12.8 Å². The molecule has 104 valence electrons. The lowest BCUT2D eigenvalue weighted by atomic mass is 10.1. The zero-order valence-electron chi connectivity index (χ0n) is 12.1. The second-order valence-electron chi connectivity index (χ2n) is 4.92. The van der Waals surface area contributed by atoms with Crippen LogP contribution in [-0.2, 0) is 7.05 Å². The number of rotatable bonds is 9. The molecular weight excluding hydrogens is 224 g/mol. The van der Waals surface area contributed by atoms with Crippen LogP contribution in [0, 0.1) is 0 Å². The number of nitrogens with zero attached hydrogens (tertiary/aromatic N) is 3. The molecule has 1 atom stereocenters. The molecular formula is C14H28N4. The second-order valence-corrected chi connectivity index (χ2v) is 4.92. The molecule has 0 radical (unpaired) electrons. The SMILES string of the molecule is CCCCN(CCCC)C(CN)c1cncn1C. The minimum Gasteiger partial charge on any atom is -0.336 e. The summed E-state index contributed by atoms with van der Waals surface area (Å²) in [6.07, 6.45) is 8.73. The van der Waals surface area contributed by atoms with Crippen molar-refractivity contribution < 1.29 is 0 Å². The molecule has 4 heteroatoms. The zero-order valence-corrected chi connectivity index (χ0v) is 12.1. The molecule has 0 aliphatic rings. The van der Waals surface area contributed by atoms with Gasteiger partial charge in [0.25, 0.3) is 0 Å². The number of aryl methyl sites for hydroxylation is 1. The second kappa shape index (κ2) is 8.27. The van der Waals surface area contributed by atoms with Crippen molar-refractivity contribution >= 4 is 0 Å². The van der Waals surface area contributed by atoms with Crippen LogP contribution >= 0.6 is 0 Å². The van der Waals surface area contributed by atoms with Crippen LogP contribution in [-0.4, -0.2) is 34.1 Å². The monoisotopic (exact) mass is 252 g/mol. The predicted octanol–water partition coefficient (Wildman–Crippen LogP) is 2.32. The highest BCUT2D eigenvalue weighted by molar-refractivity contribution is 5.06. The van der Waals surface area contributed by atoms with Crippen molar-refractivity contribution in [2.45, 2.75) is 45.6 Å². The molecule has 2 N–H and O–H groups in total. The highest BCUT2D eigenvalue weighted by Crippen LogP contribution is 2.20. The van der Waals surface area contributed by atoms with E-state index in [4.69, 9.17) is 5.73 Å². The molecule has 0 aliphatic carbocycles. The molecule has 0 spiro atoms. The normalized spacial score (nSPS) is 13.2.